The SMILES string of the molecule is CCN(CC)c1ccc(C=N[C@@H]2CCS(=O)(=O)C2)c(O)c1. The Hall–Kier alpha value is -1.56. The number of aliphatic imine (C=N–C) groups is 1. The predicted molar refractivity (Wildman–Crippen MR) is 86.3 cm³/mol. The van der Waals surface area contributed by atoms with Crippen molar-refractivity contribution in [2.45, 2.75) is 26.3 Å². The van der Waals surface area contributed by atoms with E-state index < -0.39 is 9.84 Å². The summed E-state index contributed by atoms with van der Waals surface area (Å²) in [7, 11) is -2.92. The van der Waals surface area contributed by atoms with Crippen molar-refractivity contribution in [1.82, 2.24) is 0 Å². The van der Waals surface area contributed by atoms with E-state index in [1.54, 1.807) is 12.3 Å². The zero-order valence-electron chi connectivity index (χ0n) is 12.5. The number of nitrogens with zero attached hydrogens (tertiary/aromatic N) is 2. The summed E-state index contributed by atoms with van der Waals surface area (Å²) >= 11 is 0. The topological polar surface area (TPSA) is 70.0 Å². The van der Waals surface area contributed by atoms with Crippen molar-refractivity contribution in [3.05, 3.63) is 23.8 Å². The molecule has 0 aliphatic carbocycles. The van der Waals surface area contributed by atoms with Crippen molar-refractivity contribution in [2.24, 2.45) is 4.99 Å². The Morgan fingerprint density at radius 2 is 2.10 bits per heavy atom. The van der Waals surface area contributed by atoms with Crippen molar-refractivity contribution in [3.63, 3.8) is 0 Å². The molecule has 21 heavy (non-hydrogen) atoms. The molecule has 1 aliphatic rings. The molecule has 1 heterocycles. The summed E-state index contributed by atoms with van der Waals surface area (Å²) in [5, 5.41) is 10.1. The van der Waals surface area contributed by atoms with Crippen LogP contribution in [-0.2, 0) is 9.84 Å². The Kier molecular flexibility index (Phi) is 4.88. The monoisotopic (exact) mass is 310 g/mol. The molecule has 1 aliphatic heterocycles. The fraction of sp³-hybridized carbons (Fsp3) is 0.533. The largest absolute Gasteiger partial charge is 0.507 e. The molecule has 5 nitrogen and oxygen atoms in total. The van der Waals surface area contributed by atoms with E-state index in [2.05, 4.69) is 23.7 Å². The van der Waals surface area contributed by atoms with Gasteiger partial charge in [0.25, 0.3) is 0 Å². The highest BCUT2D eigenvalue weighted by Crippen LogP contribution is 2.24. The van der Waals surface area contributed by atoms with Crippen LogP contribution in [0, 0.1) is 0 Å². The lowest BCUT2D eigenvalue weighted by Gasteiger charge is -2.21. The van der Waals surface area contributed by atoms with Crippen molar-refractivity contribution in [3.8, 4) is 5.75 Å². The first-order valence-electron chi connectivity index (χ1n) is 7.26. The van der Waals surface area contributed by atoms with Gasteiger partial charge in [-0.25, -0.2) is 8.42 Å². The number of hydrogen-bond acceptors (Lipinski definition) is 5. The van der Waals surface area contributed by atoms with E-state index in [1.165, 1.54) is 0 Å². The van der Waals surface area contributed by atoms with Crippen LogP contribution in [0.15, 0.2) is 23.2 Å². The minimum Gasteiger partial charge on any atom is -0.507 e. The van der Waals surface area contributed by atoms with Gasteiger partial charge in [-0.1, -0.05) is 0 Å². The average Bonchev–Trinajstić information content (AvgIpc) is 2.79. The van der Waals surface area contributed by atoms with Gasteiger partial charge in [0, 0.05) is 36.6 Å². The van der Waals surface area contributed by atoms with Crippen molar-refractivity contribution in [1.29, 1.82) is 0 Å². The Morgan fingerprint density at radius 3 is 2.62 bits per heavy atom. The summed E-state index contributed by atoms with van der Waals surface area (Å²) in [5.41, 5.74) is 1.59. The Bertz CT molecular complexity index is 622. The second kappa shape index (κ2) is 6.47. The van der Waals surface area contributed by atoms with Crippen LogP contribution in [0.2, 0.25) is 0 Å². The molecule has 2 rings (SSSR count). The summed E-state index contributed by atoms with van der Waals surface area (Å²) in [6, 6.07) is 5.30. The van der Waals surface area contributed by atoms with Gasteiger partial charge in [0.15, 0.2) is 9.84 Å². The number of phenolic OH excluding ortho intramolecular Hbond substituents is 1. The second-order valence-corrected chi connectivity index (χ2v) is 7.48. The fourth-order valence-corrected chi connectivity index (χ4v) is 4.14. The van der Waals surface area contributed by atoms with E-state index in [0.29, 0.717) is 12.0 Å². The minimum absolute atomic E-state index is 0.113. The molecule has 0 amide bonds. The number of benzene rings is 1. The van der Waals surface area contributed by atoms with Crippen LogP contribution < -0.4 is 4.90 Å². The van der Waals surface area contributed by atoms with Crippen LogP contribution in [-0.4, -0.2) is 50.4 Å². The van der Waals surface area contributed by atoms with Gasteiger partial charge in [-0.2, -0.15) is 0 Å². The third-order valence-corrected chi connectivity index (χ3v) is 5.53. The molecule has 0 radical (unpaired) electrons. The van der Waals surface area contributed by atoms with Crippen LogP contribution in [0.1, 0.15) is 25.8 Å². The molecule has 116 valence electrons. The highest BCUT2D eigenvalue weighted by molar-refractivity contribution is 7.91. The Balaban J connectivity index is 2.11. The molecule has 6 heteroatoms. The summed E-state index contributed by atoms with van der Waals surface area (Å²) in [5.74, 6) is 0.493. The van der Waals surface area contributed by atoms with Gasteiger partial charge in [-0.05, 0) is 32.4 Å². The number of hydrogen-bond donors (Lipinski definition) is 1. The summed E-state index contributed by atoms with van der Waals surface area (Å²) in [6.45, 7) is 5.89. The van der Waals surface area contributed by atoms with E-state index in [9.17, 15) is 13.5 Å². The number of anilines is 1. The Morgan fingerprint density at radius 1 is 1.38 bits per heavy atom. The molecule has 1 N–H and O–H groups in total. The predicted octanol–water partition coefficient (Wildman–Crippen LogP) is 1.84. The van der Waals surface area contributed by atoms with E-state index in [4.69, 9.17) is 0 Å². The third-order valence-electron chi connectivity index (χ3n) is 3.78. The number of phenols is 1. The first kappa shape index (κ1) is 15.8. The van der Waals surface area contributed by atoms with Crippen LogP contribution in [0.4, 0.5) is 5.69 Å². The van der Waals surface area contributed by atoms with Gasteiger partial charge in [-0.15, -0.1) is 0 Å². The Labute approximate surface area is 126 Å². The molecule has 1 fully saturated rings. The maximum absolute atomic E-state index is 11.4. The van der Waals surface area contributed by atoms with Crippen LogP contribution in [0.5, 0.6) is 5.75 Å². The quantitative estimate of drug-likeness (QED) is 0.843. The molecule has 0 spiro atoms. The molecule has 1 aromatic carbocycles. The van der Waals surface area contributed by atoms with E-state index in [1.807, 2.05) is 12.1 Å². The maximum atomic E-state index is 11.4. The zero-order chi connectivity index (χ0) is 15.5. The minimum atomic E-state index is -2.92. The van der Waals surface area contributed by atoms with Crippen LogP contribution in [0.25, 0.3) is 0 Å². The van der Waals surface area contributed by atoms with E-state index in [0.717, 1.165) is 18.8 Å². The summed E-state index contributed by atoms with van der Waals surface area (Å²) in [4.78, 5) is 6.43. The molecule has 1 aromatic rings. The molecule has 1 atom stereocenters. The molecular formula is C15H22N2O3S. The maximum Gasteiger partial charge on any atom is 0.152 e. The number of sulfone groups is 1. The highest BCUT2D eigenvalue weighted by atomic mass is 32.2. The summed E-state index contributed by atoms with van der Waals surface area (Å²) < 4.78 is 22.8. The van der Waals surface area contributed by atoms with Crippen LogP contribution >= 0.6 is 0 Å². The normalized spacial score (nSPS) is 21.0. The third kappa shape index (κ3) is 3.97. The molecule has 0 unspecified atom stereocenters. The fourth-order valence-electron chi connectivity index (χ4n) is 2.51. The zero-order valence-corrected chi connectivity index (χ0v) is 13.3. The van der Waals surface area contributed by atoms with Crippen molar-refractivity contribution < 1.29 is 13.5 Å². The molecular weight excluding hydrogens is 288 g/mol. The first-order valence-corrected chi connectivity index (χ1v) is 9.09. The molecule has 0 saturated carbocycles. The lowest BCUT2D eigenvalue weighted by molar-refractivity contribution is 0.474. The van der Waals surface area contributed by atoms with Gasteiger partial charge in [-0.3, -0.25) is 4.99 Å². The molecule has 0 bridgehead atoms. The molecule has 0 aromatic heterocycles. The number of aromatic hydroxyl groups is 1. The van der Waals surface area contributed by atoms with E-state index in [-0.39, 0.29) is 23.3 Å². The van der Waals surface area contributed by atoms with E-state index >= 15 is 0 Å². The smallest absolute Gasteiger partial charge is 0.152 e. The standard InChI is InChI=1S/C15H22N2O3S/c1-3-17(4-2)14-6-5-12(15(18)9-14)10-16-13-7-8-21(19,20)11-13/h5-6,9-10,13,18H,3-4,7-8,11H2,1-2H3/t13-/m1/s1. The first-order chi connectivity index (χ1) is 9.95. The highest BCUT2D eigenvalue weighted by Gasteiger charge is 2.26. The average molecular weight is 310 g/mol. The lowest BCUT2D eigenvalue weighted by atomic mass is 10.1. The van der Waals surface area contributed by atoms with Crippen molar-refractivity contribution >= 4 is 21.7 Å². The van der Waals surface area contributed by atoms with Gasteiger partial charge in [0.05, 0.1) is 17.5 Å². The molecule has 1 saturated heterocycles. The van der Waals surface area contributed by atoms with Crippen molar-refractivity contribution in [2.75, 3.05) is 29.5 Å². The van der Waals surface area contributed by atoms with Gasteiger partial charge in [0.1, 0.15) is 5.75 Å². The number of rotatable bonds is 5. The van der Waals surface area contributed by atoms with Gasteiger partial charge in [0.2, 0.25) is 0 Å². The second-order valence-electron chi connectivity index (χ2n) is 5.25. The van der Waals surface area contributed by atoms with Crippen LogP contribution in [0.3, 0.4) is 0 Å². The lowest BCUT2D eigenvalue weighted by Crippen LogP contribution is -2.21. The summed E-state index contributed by atoms with van der Waals surface area (Å²) in [6.07, 6.45) is 2.14. The van der Waals surface area contributed by atoms with Gasteiger partial charge < -0.3 is 10.0 Å². The van der Waals surface area contributed by atoms with Gasteiger partial charge >= 0.3 is 0 Å².